The van der Waals surface area contributed by atoms with E-state index in [1.807, 2.05) is 19.1 Å². The van der Waals surface area contributed by atoms with E-state index in [4.69, 9.17) is 0 Å². The molecule has 112 valence electrons. The van der Waals surface area contributed by atoms with E-state index < -0.39 is 10.0 Å². The molecule has 0 bridgehead atoms. The highest BCUT2D eigenvalue weighted by Crippen LogP contribution is 2.19. The van der Waals surface area contributed by atoms with E-state index >= 15 is 0 Å². The van der Waals surface area contributed by atoms with Gasteiger partial charge in [0, 0.05) is 37.9 Å². The second-order valence-corrected chi connectivity index (χ2v) is 6.96. The lowest BCUT2D eigenvalue weighted by Gasteiger charge is -2.33. The number of hydrogen-bond donors (Lipinski definition) is 2. The number of benzene rings is 1. The molecule has 0 amide bonds. The van der Waals surface area contributed by atoms with Crippen LogP contribution in [-0.4, -0.2) is 40.6 Å². The van der Waals surface area contributed by atoms with E-state index in [2.05, 4.69) is 21.9 Å². The van der Waals surface area contributed by atoms with Gasteiger partial charge in [0.05, 0.1) is 4.90 Å². The Morgan fingerprint density at radius 3 is 2.65 bits per heavy atom. The number of rotatable bonds is 5. The van der Waals surface area contributed by atoms with Gasteiger partial charge >= 0.3 is 0 Å². The van der Waals surface area contributed by atoms with Crippen LogP contribution < -0.4 is 14.9 Å². The van der Waals surface area contributed by atoms with Crippen LogP contribution in [-0.2, 0) is 10.0 Å². The van der Waals surface area contributed by atoms with E-state index in [0.29, 0.717) is 17.5 Å². The minimum atomic E-state index is -3.36. The SMILES string of the molecule is CCCNS(=O)(=O)c1ccc(N2CCN[C@H](C)C2)cc1. The van der Waals surface area contributed by atoms with Crippen molar-refractivity contribution in [3.8, 4) is 0 Å². The Kier molecular flexibility index (Phi) is 5.01. The van der Waals surface area contributed by atoms with Gasteiger partial charge in [-0.2, -0.15) is 0 Å². The van der Waals surface area contributed by atoms with E-state index in [1.165, 1.54) is 0 Å². The van der Waals surface area contributed by atoms with Crippen LogP contribution in [0.25, 0.3) is 0 Å². The van der Waals surface area contributed by atoms with Crippen molar-refractivity contribution in [3.63, 3.8) is 0 Å². The summed E-state index contributed by atoms with van der Waals surface area (Å²) in [7, 11) is -3.36. The highest BCUT2D eigenvalue weighted by Gasteiger charge is 2.17. The predicted octanol–water partition coefficient (Wildman–Crippen LogP) is 1.17. The van der Waals surface area contributed by atoms with Gasteiger partial charge in [-0.15, -0.1) is 0 Å². The van der Waals surface area contributed by atoms with Gasteiger partial charge < -0.3 is 10.2 Å². The van der Waals surface area contributed by atoms with Gasteiger partial charge in [-0.3, -0.25) is 0 Å². The number of piperazine rings is 1. The van der Waals surface area contributed by atoms with Crippen molar-refractivity contribution in [2.75, 3.05) is 31.1 Å². The molecule has 1 aliphatic heterocycles. The number of hydrogen-bond acceptors (Lipinski definition) is 4. The third-order valence-corrected chi connectivity index (χ3v) is 4.90. The average molecular weight is 297 g/mol. The van der Waals surface area contributed by atoms with Gasteiger partial charge in [0.2, 0.25) is 10.0 Å². The molecule has 6 heteroatoms. The third kappa shape index (κ3) is 3.71. The lowest BCUT2D eigenvalue weighted by Crippen LogP contribution is -2.49. The van der Waals surface area contributed by atoms with Gasteiger partial charge in [-0.25, -0.2) is 13.1 Å². The van der Waals surface area contributed by atoms with Crippen molar-refractivity contribution in [2.24, 2.45) is 0 Å². The summed E-state index contributed by atoms with van der Waals surface area (Å²) in [4.78, 5) is 2.61. The molecule has 2 N–H and O–H groups in total. The van der Waals surface area contributed by atoms with E-state index in [0.717, 1.165) is 31.7 Å². The number of anilines is 1. The number of nitrogens with one attached hydrogen (secondary N) is 2. The molecular formula is C14H23N3O2S. The summed E-state index contributed by atoms with van der Waals surface area (Å²) in [5.41, 5.74) is 1.08. The fourth-order valence-electron chi connectivity index (χ4n) is 2.32. The Labute approximate surface area is 121 Å². The first-order valence-electron chi connectivity index (χ1n) is 7.11. The molecule has 1 aromatic rings. The van der Waals surface area contributed by atoms with E-state index in [9.17, 15) is 8.42 Å². The van der Waals surface area contributed by atoms with Crippen molar-refractivity contribution in [1.82, 2.24) is 10.0 Å². The molecule has 5 nitrogen and oxygen atoms in total. The van der Waals surface area contributed by atoms with Crippen LogP contribution in [0.4, 0.5) is 5.69 Å². The molecular weight excluding hydrogens is 274 g/mol. The quantitative estimate of drug-likeness (QED) is 0.856. The monoisotopic (exact) mass is 297 g/mol. The van der Waals surface area contributed by atoms with Gasteiger partial charge in [-0.1, -0.05) is 6.92 Å². The van der Waals surface area contributed by atoms with E-state index in [1.54, 1.807) is 12.1 Å². The summed E-state index contributed by atoms with van der Waals surface area (Å²) in [6.45, 7) is 7.42. The van der Waals surface area contributed by atoms with Crippen LogP contribution >= 0.6 is 0 Å². The molecule has 2 rings (SSSR count). The Morgan fingerprint density at radius 2 is 2.05 bits per heavy atom. The zero-order valence-electron chi connectivity index (χ0n) is 12.1. The van der Waals surface area contributed by atoms with E-state index in [-0.39, 0.29) is 0 Å². The van der Waals surface area contributed by atoms with Crippen molar-refractivity contribution in [3.05, 3.63) is 24.3 Å². The molecule has 0 spiro atoms. The first-order chi connectivity index (χ1) is 9.53. The summed E-state index contributed by atoms with van der Waals surface area (Å²) in [5.74, 6) is 0. The zero-order valence-corrected chi connectivity index (χ0v) is 12.9. The molecule has 0 unspecified atom stereocenters. The Bertz CT molecular complexity index is 528. The average Bonchev–Trinajstić information content (AvgIpc) is 2.45. The fourth-order valence-corrected chi connectivity index (χ4v) is 3.46. The second-order valence-electron chi connectivity index (χ2n) is 5.19. The van der Waals surface area contributed by atoms with Gasteiger partial charge in [0.25, 0.3) is 0 Å². The fraction of sp³-hybridized carbons (Fsp3) is 0.571. The molecule has 0 aliphatic carbocycles. The first kappa shape index (κ1) is 15.3. The van der Waals surface area contributed by atoms with Crippen LogP contribution in [0.1, 0.15) is 20.3 Å². The minimum Gasteiger partial charge on any atom is -0.369 e. The molecule has 1 aliphatic rings. The molecule has 1 aromatic carbocycles. The summed E-state index contributed by atoms with van der Waals surface area (Å²) < 4.78 is 26.6. The van der Waals surface area contributed by atoms with Gasteiger partial charge in [-0.05, 0) is 37.6 Å². The predicted molar refractivity (Wildman–Crippen MR) is 81.6 cm³/mol. The maximum Gasteiger partial charge on any atom is 0.240 e. The van der Waals surface area contributed by atoms with Crippen LogP contribution in [0.3, 0.4) is 0 Å². The summed E-state index contributed by atoms with van der Waals surface area (Å²) in [6.07, 6.45) is 0.788. The van der Waals surface area contributed by atoms with Crippen molar-refractivity contribution in [2.45, 2.75) is 31.2 Å². The minimum absolute atomic E-state index is 0.331. The maximum absolute atomic E-state index is 12.0. The number of sulfonamides is 1. The largest absolute Gasteiger partial charge is 0.369 e. The van der Waals surface area contributed by atoms with Crippen LogP contribution in [0, 0.1) is 0 Å². The molecule has 0 saturated carbocycles. The molecule has 1 heterocycles. The lowest BCUT2D eigenvalue weighted by molar-refractivity contribution is 0.485. The Balaban J connectivity index is 2.10. The van der Waals surface area contributed by atoms with Crippen LogP contribution in [0.2, 0.25) is 0 Å². The molecule has 0 aromatic heterocycles. The molecule has 1 atom stereocenters. The first-order valence-corrected chi connectivity index (χ1v) is 8.59. The smallest absolute Gasteiger partial charge is 0.240 e. The molecule has 1 saturated heterocycles. The molecule has 1 fully saturated rings. The van der Waals surface area contributed by atoms with Crippen molar-refractivity contribution < 1.29 is 8.42 Å². The maximum atomic E-state index is 12.0. The third-order valence-electron chi connectivity index (χ3n) is 3.42. The van der Waals surface area contributed by atoms with Gasteiger partial charge in [0.1, 0.15) is 0 Å². The Morgan fingerprint density at radius 1 is 1.35 bits per heavy atom. The summed E-state index contributed by atoms with van der Waals surface area (Å²) in [5, 5.41) is 3.39. The number of nitrogens with zero attached hydrogens (tertiary/aromatic N) is 1. The normalized spacial score (nSPS) is 20.1. The highest BCUT2D eigenvalue weighted by molar-refractivity contribution is 7.89. The van der Waals surface area contributed by atoms with Gasteiger partial charge in [0.15, 0.2) is 0 Å². The second kappa shape index (κ2) is 6.56. The standard InChI is InChI=1S/C14H23N3O2S/c1-3-8-16-20(18,19)14-6-4-13(5-7-14)17-10-9-15-12(2)11-17/h4-7,12,15-16H,3,8-11H2,1-2H3/t12-/m1/s1. The van der Waals surface area contributed by atoms with Crippen molar-refractivity contribution >= 4 is 15.7 Å². The lowest BCUT2D eigenvalue weighted by atomic mass is 10.2. The zero-order chi connectivity index (χ0) is 14.6. The topological polar surface area (TPSA) is 61.4 Å². The molecule has 20 heavy (non-hydrogen) atoms. The van der Waals surface area contributed by atoms with Crippen molar-refractivity contribution in [1.29, 1.82) is 0 Å². The Hall–Kier alpha value is -1.11. The summed E-state index contributed by atoms with van der Waals surface area (Å²) >= 11 is 0. The van der Waals surface area contributed by atoms with Crippen LogP contribution in [0.5, 0.6) is 0 Å². The van der Waals surface area contributed by atoms with Crippen LogP contribution in [0.15, 0.2) is 29.2 Å². The highest BCUT2D eigenvalue weighted by atomic mass is 32.2. The molecule has 0 radical (unpaired) electrons. The summed E-state index contributed by atoms with van der Waals surface area (Å²) in [6, 6.07) is 7.59.